The van der Waals surface area contributed by atoms with E-state index in [2.05, 4.69) is 173 Å². The summed E-state index contributed by atoms with van der Waals surface area (Å²) in [5.41, 5.74) is 15.5. The summed E-state index contributed by atoms with van der Waals surface area (Å²) in [6.07, 6.45) is 0. The Bertz CT molecular complexity index is 1980. The Balaban J connectivity index is 0.000000289. The minimum Gasteiger partial charge on any atom is -1.00 e. The first-order valence-corrected chi connectivity index (χ1v) is 22.8. The normalized spacial score (nSPS) is 10.9. The molecular formula is C44H52Cl2SiZr-2. The van der Waals surface area contributed by atoms with Gasteiger partial charge in [-0.3, -0.25) is 0 Å². The van der Waals surface area contributed by atoms with E-state index in [-0.39, 0.29) is 35.7 Å². The fraction of sp³-hybridized carbons (Fsp3) is 0.318. The van der Waals surface area contributed by atoms with Gasteiger partial charge < -0.3 is 24.8 Å². The zero-order chi connectivity index (χ0) is 33.9. The second-order valence-electron chi connectivity index (χ2n) is 14.5. The molecule has 0 aromatic heterocycles. The van der Waals surface area contributed by atoms with E-state index < -0.39 is 0 Å². The topological polar surface area (TPSA) is 0 Å². The Morgan fingerprint density at radius 1 is 0.646 bits per heavy atom. The first kappa shape index (κ1) is 41.9. The number of halogens is 2. The van der Waals surface area contributed by atoms with Gasteiger partial charge in [-0.25, -0.2) is 0 Å². The molecule has 0 unspecified atom stereocenters. The number of fused-ring (bicyclic) bond motifs is 2. The van der Waals surface area contributed by atoms with E-state index >= 15 is 0 Å². The Morgan fingerprint density at radius 3 is 1.81 bits per heavy atom. The average Bonchev–Trinajstić information content (AvgIpc) is 3.61. The van der Waals surface area contributed by atoms with E-state index in [9.17, 15) is 0 Å². The molecular weight excluding hydrogens is 719 g/mol. The van der Waals surface area contributed by atoms with Crippen molar-refractivity contribution in [3.63, 3.8) is 0 Å². The third-order valence-corrected chi connectivity index (χ3v) is 9.10. The van der Waals surface area contributed by atoms with Crippen molar-refractivity contribution in [2.75, 3.05) is 0 Å². The number of rotatable bonds is 3. The number of hydrogen-bond donors (Lipinski definition) is 0. The fourth-order valence-corrected chi connectivity index (χ4v) is 6.06. The predicted molar refractivity (Wildman–Crippen MR) is 204 cm³/mol. The van der Waals surface area contributed by atoms with Gasteiger partial charge in [-0.05, 0) is 65.5 Å². The molecule has 0 saturated carbocycles. The van der Waals surface area contributed by atoms with Crippen molar-refractivity contribution in [3.05, 3.63) is 130 Å². The largest absolute Gasteiger partial charge is 1.00 e. The van der Waals surface area contributed by atoms with E-state index in [0.29, 0.717) is 5.92 Å². The second kappa shape index (κ2) is 17.6. The van der Waals surface area contributed by atoms with Crippen LogP contribution in [0.3, 0.4) is 0 Å². The van der Waals surface area contributed by atoms with Crippen LogP contribution in [0.15, 0.2) is 91.0 Å². The standard InChI is InChI=1S/2C21H23.C2H6Si.2ClH.Zr/c1-14-12-19-15(2)6-11-18(20(19)13-14)16-7-9-17(10-8-16)21(3,4)5;1-13(2)18-11-17-7-6-8-20(21(17)12-18)19-10-9-14(3)15(4)16(19)5;1-3-2;;;/h2*6-13H,1-5H3;1-2H3;2*1H;/q2*-1;;;;+2/p-2. The molecule has 6 aromatic carbocycles. The van der Waals surface area contributed by atoms with Crippen LogP contribution in [-0.4, -0.2) is 5.43 Å². The van der Waals surface area contributed by atoms with Gasteiger partial charge in [-0.15, -0.1) is 68.6 Å². The van der Waals surface area contributed by atoms with E-state index in [0.717, 1.165) is 0 Å². The van der Waals surface area contributed by atoms with Crippen LogP contribution in [0, 0.1) is 34.6 Å². The van der Waals surface area contributed by atoms with Crippen LogP contribution < -0.4 is 24.8 Å². The third-order valence-electron chi connectivity index (χ3n) is 9.10. The molecule has 0 aliphatic heterocycles. The summed E-state index contributed by atoms with van der Waals surface area (Å²) in [4.78, 5) is 0. The Labute approximate surface area is 318 Å². The average molecular weight is 771 g/mol. The maximum absolute atomic E-state index is 2.37. The van der Waals surface area contributed by atoms with E-state index in [4.69, 9.17) is 0 Å². The van der Waals surface area contributed by atoms with Crippen molar-refractivity contribution in [1.82, 2.24) is 0 Å². The fourth-order valence-electron chi connectivity index (χ4n) is 6.06. The van der Waals surface area contributed by atoms with Crippen LogP contribution in [0.4, 0.5) is 0 Å². The summed E-state index contributed by atoms with van der Waals surface area (Å²) in [7, 11) is 0. The van der Waals surface area contributed by atoms with Gasteiger partial charge in [0.2, 0.25) is 0 Å². The maximum atomic E-state index is 2.37. The van der Waals surface area contributed by atoms with Gasteiger partial charge in [0.15, 0.2) is 0 Å². The predicted octanol–water partition coefficient (Wildman–Crippen LogP) is 7.21. The smallest absolute Gasteiger partial charge is 0.0132 e. The summed E-state index contributed by atoms with van der Waals surface area (Å²) in [6, 6.07) is 34.0. The van der Waals surface area contributed by atoms with Gasteiger partial charge in [0.1, 0.15) is 0 Å². The van der Waals surface area contributed by atoms with Crippen molar-refractivity contribution >= 4 is 27.0 Å². The van der Waals surface area contributed by atoms with Crippen LogP contribution in [0.5, 0.6) is 0 Å². The zero-order valence-electron chi connectivity index (χ0n) is 31.0. The monoisotopic (exact) mass is 768 g/mol. The Kier molecular flexibility index (Phi) is 15.4. The molecule has 6 rings (SSSR count). The molecule has 0 amide bonds. The minimum atomic E-state index is 0. The molecule has 0 radical (unpaired) electrons. The van der Waals surface area contributed by atoms with Gasteiger partial charge >= 0.3 is 41.9 Å². The van der Waals surface area contributed by atoms with Crippen LogP contribution in [-0.2, 0) is 28.8 Å². The maximum Gasteiger partial charge on any atom is -0.0132 e. The molecule has 4 heteroatoms. The van der Waals surface area contributed by atoms with Gasteiger partial charge in [-0.1, -0.05) is 108 Å². The molecule has 0 heterocycles. The molecule has 6 aromatic rings. The van der Waals surface area contributed by atoms with Crippen molar-refractivity contribution in [2.45, 2.75) is 93.7 Å². The summed E-state index contributed by atoms with van der Waals surface area (Å²) >= 11 is 1.74. The quantitative estimate of drug-likeness (QED) is 0.132. The molecule has 0 spiro atoms. The first-order valence-electron chi connectivity index (χ1n) is 16.6. The van der Waals surface area contributed by atoms with E-state index in [1.54, 1.807) is 23.3 Å². The summed E-state index contributed by atoms with van der Waals surface area (Å²) in [5.74, 6) is 0.575. The molecule has 0 nitrogen and oxygen atoms in total. The SMILES string of the molecule is C[Si](C)=[Zr+2].Cc1cc2c(-c3ccc(C(C)(C)C)cc3)ccc(C)c2[cH-]1.Cc1ccc(-c2cccc3[cH-]c(C(C)C)cc23)c(C)c1C.[Cl-].[Cl-]. The van der Waals surface area contributed by atoms with Crippen molar-refractivity contribution in [3.8, 4) is 22.3 Å². The molecule has 0 fully saturated rings. The first-order chi connectivity index (χ1) is 21.6. The molecule has 0 atom stereocenters. The summed E-state index contributed by atoms with van der Waals surface area (Å²) in [5, 5.41) is 5.49. The number of hydrogen-bond acceptors (Lipinski definition) is 0. The van der Waals surface area contributed by atoms with Crippen molar-refractivity contribution in [1.29, 1.82) is 0 Å². The van der Waals surface area contributed by atoms with Gasteiger partial charge in [-0.2, -0.15) is 12.1 Å². The van der Waals surface area contributed by atoms with E-state index in [1.807, 2.05) is 0 Å². The molecule has 0 aliphatic carbocycles. The minimum absolute atomic E-state index is 0. The van der Waals surface area contributed by atoms with Crippen LogP contribution in [0.1, 0.15) is 79.5 Å². The molecule has 0 saturated heterocycles. The van der Waals surface area contributed by atoms with Gasteiger partial charge in [0.25, 0.3) is 0 Å². The van der Waals surface area contributed by atoms with Crippen LogP contribution >= 0.6 is 0 Å². The Morgan fingerprint density at radius 2 is 1.23 bits per heavy atom. The van der Waals surface area contributed by atoms with Crippen LogP contribution in [0.25, 0.3) is 43.8 Å². The van der Waals surface area contributed by atoms with Crippen molar-refractivity contribution in [2.24, 2.45) is 0 Å². The van der Waals surface area contributed by atoms with Gasteiger partial charge in [0.05, 0.1) is 0 Å². The van der Waals surface area contributed by atoms with Gasteiger partial charge in [0, 0.05) is 0 Å². The third kappa shape index (κ3) is 9.94. The second-order valence-corrected chi connectivity index (χ2v) is 23.9. The molecule has 0 bridgehead atoms. The molecule has 0 aliphatic rings. The molecule has 48 heavy (non-hydrogen) atoms. The zero-order valence-corrected chi connectivity index (χ0v) is 36.0. The summed E-state index contributed by atoms with van der Waals surface area (Å²) < 4.78 is 0. The van der Waals surface area contributed by atoms with Crippen molar-refractivity contribution < 1.29 is 48.1 Å². The Hall–Kier alpha value is -2.22. The summed E-state index contributed by atoms with van der Waals surface area (Å²) in [6.45, 7) is 26.9. The number of benzene rings is 4. The molecule has 0 N–H and O–H groups in total. The number of aryl methyl sites for hydroxylation is 3. The van der Waals surface area contributed by atoms with Crippen LogP contribution in [0.2, 0.25) is 13.1 Å². The molecule has 252 valence electrons. The van der Waals surface area contributed by atoms with E-state index in [1.165, 1.54) is 82.7 Å².